The lowest BCUT2D eigenvalue weighted by Crippen LogP contribution is -2.27. The first-order valence-electron chi connectivity index (χ1n) is 7.07. The number of hydrogen-bond acceptors (Lipinski definition) is 2. The smallest absolute Gasteiger partial charge is 0.123 e. The van der Waals surface area contributed by atoms with Crippen molar-refractivity contribution < 1.29 is 4.39 Å². The van der Waals surface area contributed by atoms with Crippen LogP contribution in [0.2, 0.25) is 5.02 Å². The molecule has 1 aliphatic rings. The summed E-state index contributed by atoms with van der Waals surface area (Å²) in [4.78, 5) is 1.29. The molecule has 1 aliphatic heterocycles. The summed E-state index contributed by atoms with van der Waals surface area (Å²) in [5, 5.41) is 4.37. The molecule has 2 aromatic carbocycles. The number of benzene rings is 2. The van der Waals surface area contributed by atoms with Gasteiger partial charge in [-0.2, -0.15) is 0 Å². The standard InChI is InChI=1S/C17H17ClFNS/c1-11(12-3-2-4-14(19)9-12)20-16-7-8-21-17-6-5-13(18)10-15(16)17/h2-6,9-11,16,20H,7-8H2,1H3/t11-,16?/m1/s1. The molecule has 0 aromatic heterocycles. The number of fused-ring (bicyclic) bond motifs is 1. The number of rotatable bonds is 3. The second-order valence-corrected chi connectivity index (χ2v) is 6.89. The zero-order chi connectivity index (χ0) is 14.8. The van der Waals surface area contributed by atoms with Crippen LogP contribution in [0, 0.1) is 5.82 Å². The highest BCUT2D eigenvalue weighted by Crippen LogP contribution is 2.38. The third kappa shape index (κ3) is 3.42. The van der Waals surface area contributed by atoms with Crippen molar-refractivity contribution in [3.63, 3.8) is 0 Å². The van der Waals surface area contributed by atoms with Gasteiger partial charge in [0, 0.05) is 22.0 Å². The third-order valence-corrected chi connectivity index (χ3v) is 5.17. The Balaban J connectivity index is 1.81. The molecule has 4 heteroatoms. The third-order valence-electron chi connectivity index (χ3n) is 3.81. The number of halogens is 2. The van der Waals surface area contributed by atoms with Crippen LogP contribution in [0.1, 0.15) is 36.6 Å². The fourth-order valence-corrected chi connectivity index (χ4v) is 4.00. The lowest BCUT2D eigenvalue weighted by Gasteiger charge is -2.29. The van der Waals surface area contributed by atoms with Gasteiger partial charge in [-0.3, -0.25) is 0 Å². The summed E-state index contributed by atoms with van der Waals surface area (Å²) in [6, 6.07) is 13.2. The van der Waals surface area contributed by atoms with Crippen LogP contribution < -0.4 is 5.32 Å². The van der Waals surface area contributed by atoms with Gasteiger partial charge in [-0.05, 0) is 60.6 Å². The second kappa shape index (κ2) is 6.39. The number of thioether (sulfide) groups is 1. The van der Waals surface area contributed by atoms with E-state index in [1.807, 2.05) is 30.0 Å². The minimum absolute atomic E-state index is 0.0978. The molecule has 0 bridgehead atoms. The van der Waals surface area contributed by atoms with Crippen molar-refractivity contribution in [1.29, 1.82) is 0 Å². The zero-order valence-corrected chi connectivity index (χ0v) is 13.3. The summed E-state index contributed by atoms with van der Waals surface area (Å²) in [6.45, 7) is 2.07. The van der Waals surface area contributed by atoms with Crippen LogP contribution in [0.4, 0.5) is 4.39 Å². The Morgan fingerprint density at radius 2 is 2.14 bits per heavy atom. The van der Waals surface area contributed by atoms with Gasteiger partial charge < -0.3 is 5.32 Å². The summed E-state index contributed by atoms with van der Waals surface area (Å²) in [7, 11) is 0. The summed E-state index contributed by atoms with van der Waals surface area (Å²) < 4.78 is 13.3. The molecule has 0 saturated carbocycles. The molecule has 0 amide bonds. The van der Waals surface area contributed by atoms with Crippen molar-refractivity contribution in [1.82, 2.24) is 5.32 Å². The quantitative estimate of drug-likeness (QED) is 0.816. The van der Waals surface area contributed by atoms with Crippen molar-refractivity contribution in [2.24, 2.45) is 0 Å². The first kappa shape index (κ1) is 14.9. The largest absolute Gasteiger partial charge is 0.303 e. The van der Waals surface area contributed by atoms with Crippen LogP contribution in [0.15, 0.2) is 47.4 Å². The highest BCUT2D eigenvalue weighted by atomic mass is 35.5. The molecular weight excluding hydrogens is 305 g/mol. The average Bonchev–Trinajstić information content (AvgIpc) is 2.48. The van der Waals surface area contributed by atoms with E-state index in [2.05, 4.69) is 18.3 Å². The SMILES string of the molecule is C[C@@H](NC1CCSc2ccc(Cl)cc21)c1cccc(F)c1. The van der Waals surface area contributed by atoms with Crippen molar-refractivity contribution in [3.05, 3.63) is 64.4 Å². The van der Waals surface area contributed by atoms with Gasteiger partial charge in [0.2, 0.25) is 0 Å². The Morgan fingerprint density at radius 1 is 1.29 bits per heavy atom. The van der Waals surface area contributed by atoms with Gasteiger partial charge >= 0.3 is 0 Å². The average molecular weight is 322 g/mol. The van der Waals surface area contributed by atoms with Crippen LogP contribution in [0.25, 0.3) is 0 Å². The first-order chi connectivity index (χ1) is 10.1. The summed E-state index contributed by atoms with van der Waals surface area (Å²) in [6.07, 6.45) is 1.05. The Kier molecular flexibility index (Phi) is 4.53. The first-order valence-corrected chi connectivity index (χ1v) is 8.43. The van der Waals surface area contributed by atoms with Gasteiger partial charge in [-0.1, -0.05) is 23.7 Å². The molecule has 1 unspecified atom stereocenters. The van der Waals surface area contributed by atoms with Crippen LogP contribution in [0.5, 0.6) is 0 Å². The van der Waals surface area contributed by atoms with E-state index in [4.69, 9.17) is 11.6 Å². The normalized spacial score (nSPS) is 19.1. The minimum Gasteiger partial charge on any atom is -0.303 e. The zero-order valence-electron chi connectivity index (χ0n) is 11.8. The Labute approximate surface area is 133 Å². The molecule has 3 rings (SSSR count). The molecule has 0 fully saturated rings. The van der Waals surface area contributed by atoms with Gasteiger partial charge in [-0.25, -0.2) is 4.39 Å². The summed E-state index contributed by atoms with van der Waals surface area (Å²) in [5.74, 6) is 0.895. The predicted octanol–water partition coefficient (Wildman–Crippen LogP) is 5.37. The fraction of sp³-hybridized carbons (Fsp3) is 0.294. The molecule has 2 aromatic rings. The lowest BCUT2D eigenvalue weighted by molar-refractivity contribution is 0.448. The Morgan fingerprint density at radius 3 is 2.95 bits per heavy atom. The monoisotopic (exact) mass is 321 g/mol. The minimum atomic E-state index is -0.191. The van der Waals surface area contributed by atoms with E-state index in [0.717, 1.165) is 22.8 Å². The molecule has 0 saturated heterocycles. The van der Waals surface area contributed by atoms with E-state index in [9.17, 15) is 4.39 Å². The molecule has 21 heavy (non-hydrogen) atoms. The van der Waals surface area contributed by atoms with Crippen LogP contribution >= 0.6 is 23.4 Å². The Hall–Kier alpha value is -1.03. The maximum absolute atomic E-state index is 13.3. The maximum atomic E-state index is 13.3. The predicted molar refractivity (Wildman–Crippen MR) is 87.5 cm³/mol. The fourth-order valence-electron chi connectivity index (χ4n) is 2.71. The van der Waals surface area contributed by atoms with Crippen molar-refractivity contribution in [2.45, 2.75) is 30.3 Å². The van der Waals surface area contributed by atoms with Crippen LogP contribution in [0.3, 0.4) is 0 Å². The molecule has 1 heterocycles. The van der Waals surface area contributed by atoms with Crippen LogP contribution in [-0.4, -0.2) is 5.75 Å². The van der Waals surface area contributed by atoms with E-state index >= 15 is 0 Å². The maximum Gasteiger partial charge on any atom is 0.123 e. The van der Waals surface area contributed by atoms with Gasteiger partial charge in [0.15, 0.2) is 0 Å². The summed E-state index contributed by atoms with van der Waals surface area (Å²) >= 11 is 8.00. The topological polar surface area (TPSA) is 12.0 Å². The van der Waals surface area contributed by atoms with Crippen molar-refractivity contribution in [2.75, 3.05) is 5.75 Å². The molecule has 1 N–H and O–H groups in total. The highest BCUT2D eigenvalue weighted by molar-refractivity contribution is 7.99. The van der Waals surface area contributed by atoms with Gasteiger partial charge in [0.25, 0.3) is 0 Å². The molecule has 1 nitrogen and oxygen atoms in total. The highest BCUT2D eigenvalue weighted by Gasteiger charge is 2.22. The van der Waals surface area contributed by atoms with Crippen molar-refractivity contribution >= 4 is 23.4 Å². The number of hydrogen-bond donors (Lipinski definition) is 1. The molecule has 0 aliphatic carbocycles. The van der Waals surface area contributed by atoms with Gasteiger partial charge in [-0.15, -0.1) is 11.8 Å². The van der Waals surface area contributed by atoms with Crippen molar-refractivity contribution in [3.8, 4) is 0 Å². The molecule has 110 valence electrons. The van der Waals surface area contributed by atoms with E-state index < -0.39 is 0 Å². The molecular formula is C17H17ClFNS. The van der Waals surface area contributed by atoms with E-state index in [-0.39, 0.29) is 17.9 Å². The molecule has 2 atom stereocenters. The van der Waals surface area contributed by atoms with Gasteiger partial charge in [0.1, 0.15) is 5.82 Å². The van der Waals surface area contributed by atoms with E-state index in [1.165, 1.54) is 16.5 Å². The van der Waals surface area contributed by atoms with E-state index in [1.54, 1.807) is 12.1 Å². The van der Waals surface area contributed by atoms with E-state index in [0.29, 0.717) is 0 Å². The molecule has 0 spiro atoms. The second-order valence-electron chi connectivity index (χ2n) is 5.32. The summed E-state index contributed by atoms with van der Waals surface area (Å²) in [5.41, 5.74) is 2.22. The van der Waals surface area contributed by atoms with Gasteiger partial charge in [0.05, 0.1) is 0 Å². The Bertz CT molecular complexity index is 646. The lowest BCUT2D eigenvalue weighted by atomic mass is 10.0. The van der Waals surface area contributed by atoms with Crippen LogP contribution in [-0.2, 0) is 0 Å². The number of nitrogens with one attached hydrogen (secondary N) is 1. The molecule has 0 radical (unpaired) electrons.